The molecule has 17 heavy (non-hydrogen) atoms. The lowest BCUT2D eigenvalue weighted by Crippen LogP contribution is -2.07. The van der Waals surface area contributed by atoms with Crippen LogP contribution >= 0.6 is 11.6 Å². The van der Waals surface area contributed by atoms with Gasteiger partial charge in [-0.1, -0.05) is 41.9 Å². The van der Waals surface area contributed by atoms with Gasteiger partial charge in [0.05, 0.1) is 11.6 Å². The first-order valence-electron chi connectivity index (χ1n) is 5.13. The molecule has 2 aromatic rings. The average molecular weight is 271 g/mol. The highest BCUT2D eigenvalue weighted by molar-refractivity contribution is 7.87. The smallest absolute Gasteiger partial charge is 0.267 e. The molecule has 0 saturated carbocycles. The normalized spacial score (nSPS) is 11.9. The summed E-state index contributed by atoms with van der Waals surface area (Å²) in [5.41, 5.74) is 0. The predicted octanol–water partition coefficient (Wildman–Crippen LogP) is 3.22. The van der Waals surface area contributed by atoms with Crippen LogP contribution in [-0.4, -0.2) is 15.0 Å². The first-order chi connectivity index (χ1) is 8.06. The van der Waals surface area contributed by atoms with E-state index in [1.807, 2.05) is 12.1 Å². The highest BCUT2D eigenvalue weighted by atomic mass is 35.5. The summed E-state index contributed by atoms with van der Waals surface area (Å²) in [5, 5.41) is 1.57. The average Bonchev–Trinajstić information content (AvgIpc) is 2.28. The standard InChI is InChI=1S/C12H11ClO3S/c1-2-16-17(14,15)12-10-6-4-3-5-9(10)7-8-11(12)13/h3-8H,2H2,1H3. The van der Waals surface area contributed by atoms with Crippen molar-refractivity contribution in [2.75, 3.05) is 6.61 Å². The van der Waals surface area contributed by atoms with Gasteiger partial charge in [-0.2, -0.15) is 8.42 Å². The summed E-state index contributed by atoms with van der Waals surface area (Å²) in [6, 6.07) is 10.5. The van der Waals surface area contributed by atoms with Crippen LogP contribution in [-0.2, 0) is 14.3 Å². The fourth-order valence-corrected chi connectivity index (χ4v) is 3.32. The molecular formula is C12H11ClO3S. The summed E-state index contributed by atoms with van der Waals surface area (Å²) in [6.07, 6.45) is 0. The lowest BCUT2D eigenvalue weighted by Gasteiger charge is -2.09. The zero-order valence-corrected chi connectivity index (χ0v) is 10.8. The number of halogens is 1. The molecule has 0 aromatic heterocycles. The summed E-state index contributed by atoms with van der Waals surface area (Å²) in [7, 11) is -3.80. The van der Waals surface area contributed by atoms with Crippen molar-refractivity contribution < 1.29 is 12.6 Å². The van der Waals surface area contributed by atoms with Gasteiger partial charge in [-0.3, -0.25) is 4.18 Å². The highest BCUT2D eigenvalue weighted by Gasteiger charge is 2.21. The first kappa shape index (κ1) is 12.4. The van der Waals surface area contributed by atoms with Crippen LogP contribution in [0.15, 0.2) is 41.3 Å². The lowest BCUT2D eigenvalue weighted by atomic mass is 10.1. The number of benzene rings is 2. The third-order valence-corrected chi connectivity index (χ3v) is 4.27. The van der Waals surface area contributed by atoms with Gasteiger partial charge in [0.1, 0.15) is 4.90 Å². The van der Waals surface area contributed by atoms with Crippen LogP contribution in [0.4, 0.5) is 0 Å². The van der Waals surface area contributed by atoms with E-state index in [1.54, 1.807) is 31.2 Å². The molecule has 0 unspecified atom stereocenters. The van der Waals surface area contributed by atoms with Gasteiger partial charge in [-0.05, 0) is 18.4 Å². The molecule has 0 radical (unpaired) electrons. The molecule has 0 aliphatic carbocycles. The summed E-state index contributed by atoms with van der Waals surface area (Å²) < 4.78 is 28.7. The van der Waals surface area contributed by atoms with Gasteiger partial charge in [-0.25, -0.2) is 0 Å². The number of rotatable bonds is 3. The van der Waals surface area contributed by atoms with Gasteiger partial charge in [0.15, 0.2) is 0 Å². The van der Waals surface area contributed by atoms with Gasteiger partial charge in [-0.15, -0.1) is 0 Å². The summed E-state index contributed by atoms with van der Waals surface area (Å²) >= 11 is 5.96. The Morgan fingerprint density at radius 1 is 1.18 bits per heavy atom. The second kappa shape index (κ2) is 4.64. The number of hydrogen-bond acceptors (Lipinski definition) is 3. The minimum Gasteiger partial charge on any atom is -0.267 e. The van der Waals surface area contributed by atoms with Gasteiger partial charge < -0.3 is 0 Å². The Kier molecular flexibility index (Phi) is 3.38. The molecule has 0 bridgehead atoms. The third kappa shape index (κ3) is 2.29. The second-order valence-electron chi connectivity index (χ2n) is 3.46. The van der Waals surface area contributed by atoms with Crippen LogP contribution in [0.25, 0.3) is 10.8 Å². The van der Waals surface area contributed by atoms with Crippen molar-refractivity contribution in [1.82, 2.24) is 0 Å². The SMILES string of the molecule is CCOS(=O)(=O)c1c(Cl)ccc2ccccc12. The summed E-state index contributed by atoms with van der Waals surface area (Å²) in [6.45, 7) is 1.71. The molecule has 2 rings (SSSR count). The molecule has 5 heteroatoms. The molecule has 0 heterocycles. The minimum absolute atomic E-state index is 0.0408. The molecule has 0 N–H and O–H groups in total. The Bertz CT molecular complexity index is 650. The summed E-state index contributed by atoms with van der Waals surface area (Å²) in [5.74, 6) is 0. The lowest BCUT2D eigenvalue weighted by molar-refractivity contribution is 0.338. The van der Waals surface area contributed by atoms with E-state index in [2.05, 4.69) is 0 Å². The molecule has 3 nitrogen and oxygen atoms in total. The van der Waals surface area contributed by atoms with Crippen molar-refractivity contribution in [3.8, 4) is 0 Å². The topological polar surface area (TPSA) is 43.4 Å². The molecule has 90 valence electrons. The van der Waals surface area contributed by atoms with Crippen LogP contribution in [0.3, 0.4) is 0 Å². The Morgan fingerprint density at radius 3 is 2.59 bits per heavy atom. The maximum absolute atomic E-state index is 12.0. The van der Waals surface area contributed by atoms with Crippen LogP contribution in [0.1, 0.15) is 6.92 Å². The quantitative estimate of drug-likeness (QED) is 0.805. The van der Waals surface area contributed by atoms with E-state index < -0.39 is 10.1 Å². The van der Waals surface area contributed by atoms with Gasteiger partial charge in [0, 0.05) is 5.39 Å². The molecule has 0 fully saturated rings. The maximum Gasteiger partial charge on any atom is 0.299 e. The largest absolute Gasteiger partial charge is 0.299 e. The van der Waals surface area contributed by atoms with E-state index in [0.717, 1.165) is 5.39 Å². The predicted molar refractivity (Wildman–Crippen MR) is 67.8 cm³/mol. The van der Waals surface area contributed by atoms with Crippen molar-refractivity contribution >= 4 is 32.5 Å². The molecule has 0 amide bonds. The second-order valence-corrected chi connectivity index (χ2v) is 5.42. The van der Waals surface area contributed by atoms with Crippen molar-refractivity contribution in [3.05, 3.63) is 41.4 Å². The van der Waals surface area contributed by atoms with E-state index in [0.29, 0.717) is 5.39 Å². The monoisotopic (exact) mass is 270 g/mol. The van der Waals surface area contributed by atoms with Crippen molar-refractivity contribution in [1.29, 1.82) is 0 Å². The Morgan fingerprint density at radius 2 is 1.88 bits per heavy atom. The van der Waals surface area contributed by atoms with Crippen LogP contribution in [0.5, 0.6) is 0 Å². The van der Waals surface area contributed by atoms with Gasteiger partial charge >= 0.3 is 0 Å². The van der Waals surface area contributed by atoms with Crippen LogP contribution in [0, 0.1) is 0 Å². The Hall–Kier alpha value is -1.10. The molecule has 0 aliphatic heterocycles. The van der Waals surface area contributed by atoms with E-state index in [9.17, 15) is 8.42 Å². The van der Waals surface area contributed by atoms with Crippen molar-refractivity contribution in [3.63, 3.8) is 0 Å². The number of fused-ring (bicyclic) bond motifs is 1. The molecule has 0 aliphatic rings. The van der Waals surface area contributed by atoms with E-state index >= 15 is 0 Å². The first-order valence-corrected chi connectivity index (χ1v) is 6.91. The Labute approximate surface area is 105 Å². The fourth-order valence-electron chi connectivity index (χ4n) is 1.68. The molecule has 2 aromatic carbocycles. The fraction of sp³-hybridized carbons (Fsp3) is 0.167. The number of hydrogen-bond donors (Lipinski definition) is 0. The molecule has 0 atom stereocenters. The van der Waals surface area contributed by atoms with Gasteiger partial charge in [0.2, 0.25) is 0 Å². The zero-order chi connectivity index (χ0) is 12.5. The summed E-state index contributed by atoms with van der Waals surface area (Å²) in [4.78, 5) is 0.0408. The molecule has 0 spiro atoms. The van der Waals surface area contributed by atoms with Crippen LogP contribution < -0.4 is 0 Å². The van der Waals surface area contributed by atoms with Crippen LogP contribution in [0.2, 0.25) is 5.02 Å². The molecular weight excluding hydrogens is 260 g/mol. The van der Waals surface area contributed by atoms with E-state index in [-0.39, 0.29) is 16.5 Å². The van der Waals surface area contributed by atoms with Gasteiger partial charge in [0.25, 0.3) is 10.1 Å². The maximum atomic E-state index is 12.0. The minimum atomic E-state index is -3.80. The van der Waals surface area contributed by atoms with E-state index in [1.165, 1.54) is 0 Å². The van der Waals surface area contributed by atoms with Crippen molar-refractivity contribution in [2.24, 2.45) is 0 Å². The van der Waals surface area contributed by atoms with E-state index in [4.69, 9.17) is 15.8 Å². The third-order valence-electron chi connectivity index (χ3n) is 2.35. The zero-order valence-electron chi connectivity index (χ0n) is 9.18. The van der Waals surface area contributed by atoms with Crippen molar-refractivity contribution in [2.45, 2.75) is 11.8 Å². The molecule has 0 saturated heterocycles. The highest BCUT2D eigenvalue weighted by Crippen LogP contribution is 2.31. The Balaban J connectivity index is 2.80.